The van der Waals surface area contributed by atoms with Gasteiger partial charge in [-0.1, -0.05) is 11.6 Å². The zero-order valence-electron chi connectivity index (χ0n) is 6.43. The van der Waals surface area contributed by atoms with Crippen molar-refractivity contribution in [2.75, 3.05) is 26.9 Å². The van der Waals surface area contributed by atoms with Gasteiger partial charge in [-0.25, -0.2) is 0 Å². The second-order valence-electron chi connectivity index (χ2n) is 2.43. The fraction of sp³-hybridized carbons (Fsp3) is 0.750. The van der Waals surface area contributed by atoms with Crippen LogP contribution in [0.4, 0.5) is 0 Å². The highest BCUT2D eigenvalue weighted by atomic mass is 16.5. The van der Waals surface area contributed by atoms with Crippen LogP contribution in [0.2, 0.25) is 0 Å². The van der Waals surface area contributed by atoms with Crippen molar-refractivity contribution in [1.29, 1.82) is 0 Å². The lowest BCUT2D eigenvalue weighted by Gasteiger charge is -2.12. The summed E-state index contributed by atoms with van der Waals surface area (Å²) in [6.07, 6.45) is 4.31. The topological polar surface area (TPSA) is 18.5 Å². The van der Waals surface area contributed by atoms with Crippen molar-refractivity contribution in [2.24, 2.45) is 0 Å². The molecular formula is C8H14O2. The van der Waals surface area contributed by atoms with Gasteiger partial charge in [0.15, 0.2) is 0 Å². The van der Waals surface area contributed by atoms with Crippen LogP contribution in [-0.2, 0) is 9.47 Å². The predicted octanol–water partition coefficient (Wildman–Crippen LogP) is 1.37. The summed E-state index contributed by atoms with van der Waals surface area (Å²) in [7, 11) is 1.74. The van der Waals surface area contributed by atoms with E-state index in [1.165, 1.54) is 5.57 Å². The Morgan fingerprint density at radius 3 is 3.20 bits per heavy atom. The minimum atomic E-state index is 0.791. The minimum absolute atomic E-state index is 0.791. The molecular weight excluding hydrogens is 128 g/mol. The molecule has 1 aliphatic heterocycles. The van der Waals surface area contributed by atoms with E-state index in [-0.39, 0.29) is 0 Å². The van der Waals surface area contributed by atoms with Gasteiger partial charge in [0.25, 0.3) is 0 Å². The average Bonchev–Trinajstić information content (AvgIpc) is 2.03. The van der Waals surface area contributed by atoms with Gasteiger partial charge in [-0.15, -0.1) is 0 Å². The van der Waals surface area contributed by atoms with E-state index < -0.39 is 0 Å². The third kappa shape index (κ3) is 2.50. The first kappa shape index (κ1) is 7.76. The Bertz CT molecular complexity index is 118. The van der Waals surface area contributed by atoms with Gasteiger partial charge >= 0.3 is 0 Å². The van der Waals surface area contributed by atoms with Crippen molar-refractivity contribution in [1.82, 2.24) is 0 Å². The highest BCUT2D eigenvalue weighted by Gasteiger charge is 2.01. The SMILES string of the molecule is COCCC1=CCOCC1. The van der Waals surface area contributed by atoms with Gasteiger partial charge in [-0.05, 0) is 12.8 Å². The lowest BCUT2D eigenvalue weighted by atomic mass is 10.1. The monoisotopic (exact) mass is 142 g/mol. The second-order valence-corrected chi connectivity index (χ2v) is 2.43. The fourth-order valence-corrected chi connectivity index (χ4v) is 1.03. The van der Waals surface area contributed by atoms with Crippen LogP contribution < -0.4 is 0 Å². The van der Waals surface area contributed by atoms with Crippen LogP contribution in [0.1, 0.15) is 12.8 Å². The maximum atomic E-state index is 5.16. The molecule has 1 aliphatic rings. The highest BCUT2D eigenvalue weighted by molar-refractivity contribution is 5.04. The van der Waals surface area contributed by atoms with Crippen molar-refractivity contribution in [3.05, 3.63) is 11.6 Å². The maximum Gasteiger partial charge on any atom is 0.0650 e. The summed E-state index contributed by atoms with van der Waals surface area (Å²) in [5.74, 6) is 0. The number of hydrogen-bond donors (Lipinski definition) is 0. The van der Waals surface area contributed by atoms with Gasteiger partial charge in [0, 0.05) is 13.7 Å². The van der Waals surface area contributed by atoms with E-state index in [4.69, 9.17) is 9.47 Å². The molecule has 0 aromatic carbocycles. The van der Waals surface area contributed by atoms with Gasteiger partial charge in [-0.2, -0.15) is 0 Å². The van der Waals surface area contributed by atoms with Crippen LogP contribution in [0.5, 0.6) is 0 Å². The first-order valence-electron chi connectivity index (χ1n) is 3.68. The van der Waals surface area contributed by atoms with Crippen molar-refractivity contribution in [2.45, 2.75) is 12.8 Å². The number of ether oxygens (including phenoxy) is 2. The van der Waals surface area contributed by atoms with E-state index in [1.807, 2.05) is 0 Å². The van der Waals surface area contributed by atoms with Crippen LogP contribution in [0.25, 0.3) is 0 Å². The molecule has 0 aromatic rings. The molecule has 2 nitrogen and oxygen atoms in total. The van der Waals surface area contributed by atoms with E-state index in [0.717, 1.165) is 32.7 Å². The van der Waals surface area contributed by atoms with Gasteiger partial charge < -0.3 is 9.47 Å². The van der Waals surface area contributed by atoms with Crippen LogP contribution >= 0.6 is 0 Å². The van der Waals surface area contributed by atoms with Gasteiger partial charge in [0.05, 0.1) is 13.2 Å². The highest BCUT2D eigenvalue weighted by Crippen LogP contribution is 2.10. The Kier molecular flexibility index (Phi) is 3.47. The van der Waals surface area contributed by atoms with E-state index in [2.05, 4.69) is 6.08 Å². The van der Waals surface area contributed by atoms with Crippen LogP contribution in [-0.4, -0.2) is 26.9 Å². The Morgan fingerprint density at radius 1 is 1.70 bits per heavy atom. The summed E-state index contributed by atoms with van der Waals surface area (Å²) in [6, 6.07) is 0. The summed E-state index contributed by atoms with van der Waals surface area (Å²) in [6.45, 7) is 2.51. The second kappa shape index (κ2) is 4.47. The Hall–Kier alpha value is -0.340. The van der Waals surface area contributed by atoms with E-state index >= 15 is 0 Å². The molecule has 0 fully saturated rings. The Morgan fingerprint density at radius 2 is 2.60 bits per heavy atom. The molecule has 10 heavy (non-hydrogen) atoms. The molecule has 58 valence electrons. The summed E-state index contributed by atoms with van der Waals surface area (Å²) in [5.41, 5.74) is 1.48. The molecule has 0 aromatic heterocycles. The van der Waals surface area contributed by atoms with Gasteiger partial charge in [0.1, 0.15) is 0 Å². The zero-order valence-corrected chi connectivity index (χ0v) is 6.43. The van der Waals surface area contributed by atoms with Crippen molar-refractivity contribution >= 4 is 0 Å². The molecule has 0 radical (unpaired) electrons. The van der Waals surface area contributed by atoms with E-state index in [0.29, 0.717) is 0 Å². The first-order chi connectivity index (χ1) is 4.93. The molecule has 0 atom stereocenters. The number of hydrogen-bond acceptors (Lipinski definition) is 2. The molecule has 0 saturated heterocycles. The minimum Gasteiger partial charge on any atom is -0.384 e. The zero-order chi connectivity index (χ0) is 7.23. The van der Waals surface area contributed by atoms with E-state index in [9.17, 15) is 0 Å². The summed E-state index contributed by atoms with van der Waals surface area (Å²) < 4.78 is 10.1. The predicted molar refractivity (Wildman–Crippen MR) is 40.0 cm³/mol. The average molecular weight is 142 g/mol. The number of rotatable bonds is 3. The molecule has 0 bridgehead atoms. The molecule has 0 spiro atoms. The van der Waals surface area contributed by atoms with Crippen molar-refractivity contribution in [3.63, 3.8) is 0 Å². The molecule has 0 amide bonds. The molecule has 0 unspecified atom stereocenters. The largest absolute Gasteiger partial charge is 0.384 e. The van der Waals surface area contributed by atoms with Crippen LogP contribution in [0.15, 0.2) is 11.6 Å². The Labute approximate surface area is 61.8 Å². The molecule has 1 rings (SSSR count). The quantitative estimate of drug-likeness (QED) is 0.554. The lowest BCUT2D eigenvalue weighted by Crippen LogP contribution is -2.05. The van der Waals surface area contributed by atoms with Crippen molar-refractivity contribution < 1.29 is 9.47 Å². The summed E-state index contributed by atoms with van der Waals surface area (Å²) in [4.78, 5) is 0. The summed E-state index contributed by atoms with van der Waals surface area (Å²) >= 11 is 0. The third-order valence-corrected chi connectivity index (χ3v) is 1.68. The van der Waals surface area contributed by atoms with E-state index in [1.54, 1.807) is 7.11 Å². The van der Waals surface area contributed by atoms with Crippen molar-refractivity contribution in [3.8, 4) is 0 Å². The Balaban J connectivity index is 2.18. The molecule has 0 saturated carbocycles. The van der Waals surface area contributed by atoms with Crippen LogP contribution in [0, 0.1) is 0 Å². The standard InChI is InChI=1S/C8H14O2/c1-9-5-2-8-3-6-10-7-4-8/h3H,2,4-7H2,1H3. The smallest absolute Gasteiger partial charge is 0.0650 e. The maximum absolute atomic E-state index is 5.16. The molecule has 2 heteroatoms. The molecule has 0 aliphatic carbocycles. The molecule has 0 N–H and O–H groups in total. The van der Waals surface area contributed by atoms with Crippen LogP contribution in [0.3, 0.4) is 0 Å². The first-order valence-corrected chi connectivity index (χ1v) is 3.68. The molecule has 1 heterocycles. The van der Waals surface area contributed by atoms with Gasteiger partial charge in [-0.3, -0.25) is 0 Å². The number of methoxy groups -OCH3 is 1. The summed E-state index contributed by atoms with van der Waals surface area (Å²) in [5, 5.41) is 0. The normalized spacial score (nSPS) is 18.7. The van der Waals surface area contributed by atoms with Gasteiger partial charge in [0.2, 0.25) is 0 Å². The third-order valence-electron chi connectivity index (χ3n) is 1.68. The fourth-order valence-electron chi connectivity index (χ4n) is 1.03. The lowest BCUT2D eigenvalue weighted by molar-refractivity contribution is 0.148.